The first kappa shape index (κ1) is 23.6. The lowest BCUT2D eigenvalue weighted by atomic mass is 9.90. The summed E-state index contributed by atoms with van der Waals surface area (Å²) in [6, 6.07) is 27.8. The second kappa shape index (κ2) is 11.5. The highest BCUT2D eigenvalue weighted by atomic mass is 16.2. The molecule has 1 heterocycles. The molecule has 3 aromatic carbocycles. The van der Waals surface area contributed by atoms with Gasteiger partial charge in [-0.2, -0.15) is 0 Å². The number of nitrogens with one attached hydrogen (secondary N) is 1. The van der Waals surface area contributed by atoms with Crippen molar-refractivity contribution in [2.24, 2.45) is 0 Å². The molecule has 0 aliphatic carbocycles. The molecule has 1 N–H and O–H groups in total. The van der Waals surface area contributed by atoms with E-state index in [9.17, 15) is 9.59 Å². The SMILES string of the molecule is CCCCC(=O)N1CCN(c2ccc(NC(=O)C(c3ccccc3)c3ccccc3)cc2)CC1. The largest absolute Gasteiger partial charge is 0.368 e. The second-order valence-electron chi connectivity index (χ2n) is 8.76. The van der Waals surface area contributed by atoms with Crippen LogP contribution in [0.4, 0.5) is 11.4 Å². The zero-order valence-corrected chi connectivity index (χ0v) is 19.8. The van der Waals surface area contributed by atoms with Crippen LogP contribution >= 0.6 is 0 Å². The molecule has 0 unspecified atom stereocenters. The van der Waals surface area contributed by atoms with E-state index in [0.29, 0.717) is 6.42 Å². The Balaban J connectivity index is 1.39. The molecule has 34 heavy (non-hydrogen) atoms. The lowest BCUT2D eigenvalue weighted by Gasteiger charge is -2.36. The van der Waals surface area contributed by atoms with Crippen LogP contribution in [0, 0.1) is 0 Å². The molecule has 0 atom stereocenters. The van der Waals surface area contributed by atoms with Gasteiger partial charge in [-0.1, -0.05) is 74.0 Å². The summed E-state index contributed by atoms with van der Waals surface area (Å²) in [5, 5.41) is 3.10. The number of unbranched alkanes of at least 4 members (excludes halogenated alkanes) is 1. The number of benzene rings is 3. The molecular formula is C29H33N3O2. The molecule has 3 aromatic rings. The van der Waals surface area contributed by atoms with E-state index in [0.717, 1.165) is 61.5 Å². The molecule has 1 aliphatic heterocycles. The van der Waals surface area contributed by atoms with Crippen LogP contribution in [-0.4, -0.2) is 42.9 Å². The highest BCUT2D eigenvalue weighted by molar-refractivity contribution is 5.98. The Kier molecular flexibility index (Phi) is 7.97. The molecule has 2 amide bonds. The van der Waals surface area contributed by atoms with Crippen molar-refractivity contribution in [2.45, 2.75) is 32.1 Å². The number of carbonyl (C=O) groups is 2. The van der Waals surface area contributed by atoms with E-state index in [4.69, 9.17) is 0 Å². The van der Waals surface area contributed by atoms with Crippen molar-refractivity contribution in [1.29, 1.82) is 0 Å². The predicted molar refractivity (Wildman–Crippen MR) is 138 cm³/mol. The minimum atomic E-state index is -0.375. The summed E-state index contributed by atoms with van der Waals surface area (Å²) in [5.74, 6) is -0.157. The maximum atomic E-state index is 13.3. The summed E-state index contributed by atoms with van der Waals surface area (Å²) in [7, 11) is 0. The number of amides is 2. The van der Waals surface area contributed by atoms with Crippen LogP contribution in [0.1, 0.15) is 43.2 Å². The fourth-order valence-corrected chi connectivity index (χ4v) is 4.46. The minimum absolute atomic E-state index is 0.0515. The quantitative estimate of drug-likeness (QED) is 0.502. The number of carbonyl (C=O) groups excluding carboxylic acids is 2. The lowest BCUT2D eigenvalue weighted by Crippen LogP contribution is -2.48. The number of nitrogens with zero attached hydrogens (tertiary/aromatic N) is 2. The Morgan fingerprint density at radius 2 is 1.35 bits per heavy atom. The van der Waals surface area contributed by atoms with Crippen molar-refractivity contribution in [3.63, 3.8) is 0 Å². The monoisotopic (exact) mass is 455 g/mol. The highest BCUT2D eigenvalue weighted by Crippen LogP contribution is 2.27. The summed E-state index contributed by atoms with van der Waals surface area (Å²) < 4.78 is 0. The number of piperazine rings is 1. The maximum absolute atomic E-state index is 13.3. The van der Waals surface area contributed by atoms with Crippen LogP contribution in [0.2, 0.25) is 0 Å². The van der Waals surface area contributed by atoms with Gasteiger partial charge >= 0.3 is 0 Å². The van der Waals surface area contributed by atoms with Gasteiger partial charge in [0.25, 0.3) is 0 Å². The van der Waals surface area contributed by atoms with Gasteiger partial charge in [-0.3, -0.25) is 9.59 Å². The summed E-state index contributed by atoms with van der Waals surface area (Å²) >= 11 is 0. The zero-order valence-electron chi connectivity index (χ0n) is 19.8. The van der Waals surface area contributed by atoms with Gasteiger partial charge in [0.15, 0.2) is 0 Å². The topological polar surface area (TPSA) is 52.7 Å². The van der Waals surface area contributed by atoms with Crippen LogP contribution in [-0.2, 0) is 9.59 Å². The molecule has 176 valence electrons. The molecule has 0 bridgehead atoms. The molecule has 0 aromatic heterocycles. The Labute approximate surface area is 202 Å². The van der Waals surface area contributed by atoms with E-state index in [1.54, 1.807) is 0 Å². The maximum Gasteiger partial charge on any atom is 0.236 e. The Hall–Kier alpha value is -3.60. The summed E-state index contributed by atoms with van der Waals surface area (Å²) in [4.78, 5) is 29.9. The van der Waals surface area contributed by atoms with E-state index in [1.807, 2.05) is 89.8 Å². The third kappa shape index (κ3) is 5.84. The van der Waals surface area contributed by atoms with Gasteiger partial charge in [-0.05, 0) is 41.8 Å². The first-order valence-corrected chi connectivity index (χ1v) is 12.2. The Morgan fingerprint density at radius 1 is 0.794 bits per heavy atom. The fraction of sp³-hybridized carbons (Fsp3) is 0.310. The van der Waals surface area contributed by atoms with Gasteiger partial charge in [0.05, 0.1) is 5.92 Å². The molecule has 0 spiro atoms. The molecular weight excluding hydrogens is 422 g/mol. The third-order valence-electron chi connectivity index (χ3n) is 6.40. The van der Waals surface area contributed by atoms with Crippen molar-refractivity contribution < 1.29 is 9.59 Å². The van der Waals surface area contributed by atoms with E-state index in [2.05, 4.69) is 17.1 Å². The Bertz CT molecular complexity index is 1020. The highest BCUT2D eigenvalue weighted by Gasteiger charge is 2.23. The molecule has 1 saturated heterocycles. The lowest BCUT2D eigenvalue weighted by molar-refractivity contribution is -0.131. The first-order chi connectivity index (χ1) is 16.7. The van der Waals surface area contributed by atoms with E-state index in [1.165, 1.54) is 0 Å². The van der Waals surface area contributed by atoms with Gasteiger partial charge in [0.2, 0.25) is 11.8 Å². The number of rotatable bonds is 8. The smallest absolute Gasteiger partial charge is 0.236 e. The van der Waals surface area contributed by atoms with Crippen molar-refractivity contribution in [2.75, 3.05) is 36.4 Å². The number of anilines is 2. The predicted octanol–water partition coefficient (Wildman–Crippen LogP) is 5.30. The van der Waals surface area contributed by atoms with Gasteiger partial charge in [-0.15, -0.1) is 0 Å². The van der Waals surface area contributed by atoms with E-state index in [-0.39, 0.29) is 17.7 Å². The molecule has 5 nitrogen and oxygen atoms in total. The average Bonchev–Trinajstić information content (AvgIpc) is 2.89. The van der Waals surface area contributed by atoms with Crippen LogP contribution in [0.3, 0.4) is 0 Å². The molecule has 0 radical (unpaired) electrons. The molecule has 1 aliphatic rings. The normalized spacial score (nSPS) is 13.7. The van der Waals surface area contributed by atoms with Crippen LogP contribution < -0.4 is 10.2 Å². The number of hydrogen-bond donors (Lipinski definition) is 1. The minimum Gasteiger partial charge on any atom is -0.368 e. The molecule has 5 heteroatoms. The zero-order chi connectivity index (χ0) is 23.8. The van der Waals surface area contributed by atoms with Gasteiger partial charge in [0, 0.05) is 44.0 Å². The summed E-state index contributed by atoms with van der Waals surface area (Å²) in [5.41, 5.74) is 3.82. The molecule has 4 rings (SSSR count). The van der Waals surface area contributed by atoms with Crippen LogP contribution in [0.5, 0.6) is 0 Å². The molecule has 0 saturated carbocycles. The van der Waals surface area contributed by atoms with Crippen LogP contribution in [0.15, 0.2) is 84.9 Å². The Morgan fingerprint density at radius 3 is 1.88 bits per heavy atom. The van der Waals surface area contributed by atoms with Gasteiger partial charge in [-0.25, -0.2) is 0 Å². The van der Waals surface area contributed by atoms with Gasteiger partial charge < -0.3 is 15.1 Å². The van der Waals surface area contributed by atoms with E-state index >= 15 is 0 Å². The van der Waals surface area contributed by atoms with E-state index < -0.39 is 0 Å². The van der Waals surface area contributed by atoms with Crippen LogP contribution in [0.25, 0.3) is 0 Å². The first-order valence-electron chi connectivity index (χ1n) is 12.2. The van der Waals surface area contributed by atoms with Crippen molar-refractivity contribution in [3.8, 4) is 0 Å². The van der Waals surface area contributed by atoms with Crippen molar-refractivity contribution in [3.05, 3.63) is 96.1 Å². The summed E-state index contributed by atoms with van der Waals surface area (Å²) in [6.07, 6.45) is 2.66. The molecule has 1 fully saturated rings. The van der Waals surface area contributed by atoms with Crippen molar-refractivity contribution >= 4 is 23.2 Å². The second-order valence-corrected chi connectivity index (χ2v) is 8.76. The third-order valence-corrected chi connectivity index (χ3v) is 6.40. The average molecular weight is 456 g/mol. The van der Waals surface area contributed by atoms with Gasteiger partial charge in [0.1, 0.15) is 0 Å². The standard InChI is InChI=1S/C29H33N3O2/c1-2-3-14-27(33)32-21-19-31(20-22-32)26-17-15-25(16-18-26)30-29(34)28(23-10-6-4-7-11-23)24-12-8-5-9-13-24/h4-13,15-18,28H,2-3,14,19-22H2,1H3,(H,30,34). The fourth-order valence-electron chi connectivity index (χ4n) is 4.46. The van der Waals surface area contributed by atoms with Crippen molar-refractivity contribution in [1.82, 2.24) is 4.90 Å². The number of hydrogen-bond acceptors (Lipinski definition) is 3. The summed E-state index contributed by atoms with van der Waals surface area (Å²) in [6.45, 7) is 5.29.